The summed E-state index contributed by atoms with van der Waals surface area (Å²) in [6, 6.07) is 1.37. The summed E-state index contributed by atoms with van der Waals surface area (Å²) in [6.07, 6.45) is 0. The maximum Gasteiger partial charge on any atom is 0.325 e. The Kier molecular flexibility index (Phi) is 3.99. The zero-order valence-corrected chi connectivity index (χ0v) is 9.28. The van der Waals surface area contributed by atoms with Gasteiger partial charge in [0.2, 0.25) is 0 Å². The van der Waals surface area contributed by atoms with Crippen LogP contribution in [-0.2, 0) is 9.53 Å². The predicted molar refractivity (Wildman–Crippen MR) is 55.2 cm³/mol. The van der Waals surface area contributed by atoms with Crippen molar-refractivity contribution in [2.75, 3.05) is 13.7 Å². The number of aromatic amines is 1. The van der Waals surface area contributed by atoms with Gasteiger partial charge in [0.25, 0.3) is 5.91 Å². The fourth-order valence-electron chi connectivity index (χ4n) is 0.846. The molecule has 0 atom stereocenters. The van der Waals surface area contributed by atoms with Gasteiger partial charge in [0.05, 0.1) is 12.1 Å². The van der Waals surface area contributed by atoms with E-state index in [0.717, 1.165) is 0 Å². The van der Waals surface area contributed by atoms with Gasteiger partial charge in [-0.05, 0) is 6.07 Å². The van der Waals surface area contributed by atoms with Crippen LogP contribution in [0.3, 0.4) is 0 Å². The Bertz CT molecular complexity index is 370. The average molecular weight is 251 g/mol. The third-order valence-corrected chi connectivity index (χ3v) is 2.28. The molecule has 0 saturated heterocycles. The Hall–Kier alpha value is -1.20. The SMILES string of the molecule is COC(=O)CNC(=O)c1cc(Cl)c(Cl)[nH]1. The molecule has 1 rings (SSSR count). The lowest BCUT2D eigenvalue weighted by Gasteiger charge is -2.01. The summed E-state index contributed by atoms with van der Waals surface area (Å²) in [5.41, 5.74) is 0.189. The summed E-state index contributed by atoms with van der Waals surface area (Å²) < 4.78 is 4.35. The predicted octanol–water partition coefficient (Wildman–Crippen LogP) is 1.22. The standard InChI is InChI=1S/C8H8Cl2N2O3/c1-15-6(13)3-11-8(14)5-2-4(9)7(10)12-5/h2,12H,3H2,1H3,(H,11,14). The van der Waals surface area contributed by atoms with Crippen LogP contribution in [-0.4, -0.2) is 30.5 Å². The van der Waals surface area contributed by atoms with E-state index in [0.29, 0.717) is 0 Å². The second-order valence-electron chi connectivity index (χ2n) is 2.60. The average Bonchev–Trinajstić information content (AvgIpc) is 2.55. The van der Waals surface area contributed by atoms with Crippen molar-refractivity contribution in [2.24, 2.45) is 0 Å². The molecule has 0 bridgehead atoms. The molecule has 0 aliphatic heterocycles. The quantitative estimate of drug-likeness (QED) is 0.793. The zero-order chi connectivity index (χ0) is 11.4. The second kappa shape index (κ2) is 5.04. The van der Waals surface area contributed by atoms with Crippen LogP contribution in [0.15, 0.2) is 6.07 Å². The largest absolute Gasteiger partial charge is 0.468 e. The molecule has 0 unspecified atom stereocenters. The van der Waals surface area contributed by atoms with Gasteiger partial charge in [-0.3, -0.25) is 9.59 Å². The lowest BCUT2D eigenvalue weighted by Crippen LogP contribution is -2.30. The first-order valence-electron chi connectivity index (χ1n) is 3.93. The molecule has 0 aliphatic rings. The molecule has 0 aliphatic carbocycles. The molecule has 1 aromatic heterocycles. The number of halogens is 2. The molecule has 0 spiro atoms. The molecular weight excluding hydrogens is 243 g/mol. The van der Waals surface area contributed by atoms with Gasteiger partial charge in [-0.15, -0.1) is 0 Å². The summed E-state index contributed by atoms with van der Waals surface area (Å²) in [5, 5.41) is 2.76. The highest BCUT2D eigenvalue weighted by atomic mass is 35.5. The van der Waals surface area contributed by atoms with Crippen LogP contribution in [0.1, 0.15) is 10.5 Å². The van der Waals surface area contributed by atoms with Gasteiger partial charge >= 0.3 is 5.97 Å². The second-order valence-corrected chi connectivity index (χ2v) is 3.39. The number of aromatic nitrogens is 1. The molecule has 0 radical (unpaired) electrons. The van der Waals surface area contributed by atoms with Gasteiger partial charge in [0, 0.05) is 0 Å². The lowest BCUT2D eigenvalue weighted by molar-refractivity contribution is -0.139. The van der Waals surface area contributed by atoms with Crippen LogP contribution in [0.5, 0.6) is 0 Å². The fourth-order valence-corrected chi connectivity index (χ4v) is 1.16. The Morgan fingerprint density at radius 3 is 2.67 bits per heavy atom. The van der Waals surface area contributed by atoms with E-state index < -0.39 is 11.9 Å². The maximum atomic E-state index is 11.4. The van der Waals surface area contributed by atoms with Gasteiger partial charge in [-0.25, -0.2) is 0 Å². The molecule has 15 heavy (non-hydrogen) atoms. The van der Waals surface area contributed by atoms with Crippen LogP contribution in [0.4, 0.5) is 0 Å². The molecular formula is C8H8Cl2N2O3. The molecule has 0 saturated carbocycles. The monoisotopic (exact) mass is 250 g/mol. The minimum Gasteiger partial charge on any atom is -0.468 e. The van der Waals surface area contributed by atoms with Crippen LogP contribution in [0.2, 0.25) is 10.2 Å². The number of carbonyl (C=O) groups is 2. The van der Waals surface area contributed by atoms with Gasteiger partial charge < -0.3 is 15.0 Å². The summed E-state index contributed by atoms with van der Waals surface area (Å²) in [4.78, 5) is 24.6. The van der Waals surface area contributed by atoms with E-state index in [-0.39, 0.29) is 22.4 Å². The number of rotatable bonds is 3. The molecule has 0 aromatic carbocycles. The minimum atomic E-state index is -0.535. The van der Waals surface area contributed by atoms with E-state index in [2.05, 4.69) is 15.0 Å². The molecule has 82 valence electrons. The highest BCUT2D eigenvalue weighted by Crippen LogP contribution is 2.21. The number of esters is 1. The molecule has 1 aromatic rings. The van der Waals surface area contributed by atoms with Gasteiger partial charge in [-0.1, -0.05) is 23.2 Å². The number of methoxy groups -OCH3 is 1. The number of hydrogen-bond donors (Lipinski definition) is 2. The van der Waals surface area contributed by atoms with Crippen LogP contribution in [0, 0.1) is 0 Å². The Morgan fingerprint density at radius 1 is 1.53 bits per heavy atom. The molecule has 5 nitrogen and oxygen atoms in total. The Balaban J connectivity index is 2.58. The van der Waals surface area contributed by atoms with Crippen LogP contribution < -0.4 is 5.32 Å². The number of ether oxygens (including phenoxy) is 1. The van der Waals surface area contributed by atoms with Crippen molar-refractivity contribution in [2.45, 2.75) is 0 Å². The van der Waals surface area contributed by atoms with Crippen molar-refractivity contribution in [3.05, 3.63) is 21.9 Å². The lowest BCUT2D eigenvalue weighted by atomic mass is 10.4. The highest BCUT2D eigenvalue weighted by Gasteiger charge is 2.12. The van der Waals surface area contributed by atoms with E-state index in [9.17, 15) is 9.59 Å². The van der Waals surface area contributed by atoms with E-state index in [4.69, 9.17) is 23.2 Å². The van der Waals surface area contributed by atoms with E-state index in [1.54, 1.807) is 0 Å². The number of nitrogens with one attached hydrogen (secondary N) is 2. The Labute approximate surface area is 95.7 Å². The summed E-state index contributed by atoms with van der Waals surface area (Å²) >= 11 is 11.2. The molecule has 2 N–H and O–H groups in total. The number of amides is 1. The first kappa shape index (κ1) is 11.9. The third kappa shape index (κ3) is 3.14. The molecule has 1 heterocycles. The zero-order valence-electron chi connectivity index (χ0n) is 7.77. The first-order chi connectivity index (χ1) is 7.04. The molecule has 0 fully saturated rings. The fraction of sp³-hybridized carbons (Fsp3) is 0.250. The number of hydrogen-bond acceptors (Lipinski definition) is 3. The third-order valence-electron chi connectivity index (χ3n) is 1.59. The van der Waals surface area contributed by atoms with Crippen molar-refractivity contribution in [1.29, 1.82) is 0 Å². The first-order valence-corrected chi connectivity index (χ1v) is 4.69. The number of H-pyrrole nitrogens is 1. The highest BCUT2D eigenvalue weighted by molar-refractivity contribution is 6.41. The van der Waals surface area contributed by atoms with E-state index in [1.807, 2.05) is 0 Å². The summed E-state index contributed by atoms with van der Waals surface area (Å²) in [6.45, 7) is -0.205. The summed E-state index contributed by atoms with van der Waals surface area (Å²) in [7, 11) is 1.23. The van der Waals surface area contributed by atoms with Crippen molar-refractivity contribution in [3.63, 3.8) is 0 Å². The van der Waals surface area contributed by atoms with E-state index >= 15 is 0 Å². The van der Waals surface area contributed by atoms with Crippen LogP contribution >= 0.6 is 23.2 Å². The van der Waals surface area contributed by atoms with E-state index in [1.165, 1.54) is 13.2 Å². The van der Waals surface area contributed by atoms with Gasteiger partial charge in [0.15, 0.2) is 0 Å². The van der Waals surface area contributed by atoms with Crippen molar-refractivity contribution in [3.8, 4) is 0 Å². The van der Waals surface area contributed by atoms with Crippen LogP contribution in [0.25, 0.3) is 0 Å². The van der Waals surface area contributed by atoms with Crippen molar-refractivity contribution in [1.82, 2.24) is 10.3 Å². The normalized spacial score (nSPS) is 9.80. The smallest absolute Gasteiger partial charge is 0.325 e. The van der Waals surface area contributed by atoms with Gasteiger partial charge in [0.1, 0.15) is 17.4 Å². The van der Waals surface area contributed by atoms with Crippen molar-refractivity contribution < 1.29 is 14.3 Å². The molecule has 7 heteroatoms. The maximum absolute atomic E-state index is 11.4. The topological polar surface area (TPSA) is 71.2 Å². The Morgan fingerprint density at radius 2 is 2.20 bits per heavy atom. The number of carbonyl (C=O) groups excluding carboxylic acids is 2. The minimum absolute atomic E-state index is 0.180. The molecule has 1 amide bonds. The summed E-state index contributed by atoms with van der Waals surface area (Å²) in [5.74, 6) is -1.01. The van der Waals surface area contributed by atoms with Gasteiger partial charge in [-0.2, -0.15) is 0 Å². The van der Waals surface area contributed by atoms with Crippen molar-refractivity contribution >= 4 is 35.1 Å².